The lowest BCUT2D eigenvalue weighted by Gasteiger charge is -2.62. The van der Waals surface area contributed by atoms with Gasteiger partial charge in [0.1, 0.15) is 11.9 Å². The maximum absolute atomic E-state index is 12.4. The maximum atomic E-state index is 12.4. The van der Waals surface area contributed by atoms with E-state index in [2.05, 4.69) is 47.6 Å². The van der Waals surface area contributed by atoms with Gasteiger partial charge in [0.2, 0.25) is 0 Å². The zero-order chi connectivity index (χ0) is 27.9. The van der Waals surface area contributed by atoms with Crippen LogP contribution < -0.4 is 0 Å². The molecule has 4 nitrogen and oxygen atoms in total. The minimum absolute atomic E-state index is 0.00681. The Morgan fingerprint density at radius 1 is 0.921 bits per heavy atom. The lowest BCUT2D eigenvalue weighted by atomic mass is 9.43. The van der Waals surface area contributed by atoms with Crippen LogP contribution in [0.15, 0.2) is 11.6 Å². The highest BCUT2D eigenvalue weighted by molar-refractivity contribution is 5.76. The van der Waals surface area contributed by atoms with E-state index >= 15 is 0 Å². The zero-order valence-electron chi connectivity index (χ0n) is 25.5. The molecule has 5 rings (SSSR count). The number of carbonyl (C=O) groups excluding carboxylic acids is 2. The van der Waals surface area contributed by atoms with Crippen molar-refractivity contribution in [1.82, 2.24) is 0 Å². The monoisotopic (exact) mass is 526 g/mol. The second-order valence-electron chi connectivity index (χ2n) is 16.2. The van der Waals surface area contributed by atoms with Gasteiger partial charge in [-0.25, -0.2) is 0 Å². The molecule has 0 saturated heterocycles. The number of carbonyl (C=O) groups is 2. The Hall–Kier alpha value is -1.16. The van der Waals surface area contributed by atoms with Gasteiger partial charge in [-0.05, 0) is 111 Å². The third-order valence-electron chi connectivity index (χ3n) is 13.4. The summed E-state index contributed by atoms with van der Waals surface area (Å²) in [5.41, 5.74) is 1.99. The van der Waals surface area contributed by atoms with Crippen LogP contribution in [0, 0.1) is 50.7 Å². The maximum Gasteiger partial charge on any atom is 0.302 e. The van der Waals surface area contributed by atoms with Crippen molar-refractivity contribution < 1.29 is 19.4 Å². The minimum atomic E-state index is -0.383. The van der Waals surface area contributed by atoms with Crippen molar-refractivity contribution in [2.45, 2.75) is 138 Å². The predicted molar refractivity (Wildman–Crippen MR) is 151 cm³/mol. The highest BCUT2D eigenvalue weighted by Crippen LogP contribution is 2.69. The lowest BCUT2D eigenvalue weighted by molar-refractivity contribution is -0.171. The van der Waals surface area contributed by atoms with E-state index in [0.29, 0.717) is 30.1 Å². The average molecular weight is 527 g/mol. The molecule has 4 saturated carbocycles. The van der Waals surface area contributed by atoms with E-state index in [4.69, 9.17) is 4.74 Å². The number of rotatable bonds is 3. The molecule has 0 radical (unpaired) electrons. The Morgan fingerprint density at radius 3 is 2.29 bits per heavy atom. The number of aliphatic hydroxyl groups is 1. The first-order valence-electron chi connectivity index (χ1n) is 15.6. The number of fused-ring (bicyclic) bond motifs is 5. The van der Waals surface area contributed by atoms with Gasteiger partial charge in [-0.3, -0.25) is 4.79 Å². The van der Waals surface area contributed by atoms with Crippen LogP contribution >= 0.6 is 0 Å². The molecule has 0 aliphatic heterocycles. The van der Waals surface area contributed by atoms with Gasteiger partial charge >= 0.3 is 5.97 Å². The molecule has 0 bridgehead atoms. The molecule has 0 amide bonds. The van der Waals surface area contributed by atoms with E-state index in [1.54, 1.807) is 19.4 Å². The quantitative estimate of drug-likeness (QED) is 0.303. The molecule has 4 fully saturated rings. The molecular formula is C34H54O4. The van der Waals surface area contributed by atoms with Gasteiger partial charge in [0.05, 0.1) is 6.10 Å². The molecule has 5 aliphatic carbocycles. The molecule has 10 unspecified atom stereocenters. The van der Waals surface area contributed by atoms with E-state index < -0.39 is 0 Å². The molecule has 214 valence electrons. The smallest absolute Gasteiger partial charge is 0.302 e. The lowest BCUT2D eigenvalue weighted by Crippen LogP contribution is -2.57. The summed E-state index contributed by atoms with van der Waals surface area (Å²) < 4.78 is 5.87. The van der Waals surface area contributed by atoms with Crippen molar-refractivity contribution in [3.05, 3.63) is 11.6 Å². The number of aliphatic hydroxyl groups excluding tert-OH is 1. The highest BCUT2D eigenvalue weighted by atomic mass is 16.5. The third kappa shape index (κ3) is 4.25. The van der Waals surface area contributed by atoms with Crippen LogP contribution in [0.3, 0.4) is 0 Å². The Morgan fingerprint density at radius 2 is 1.63 bits per heavy atom. The summed E-state index contributed by atoms with van der Waals surface area (Å²) in [6, 6.07) is 0. The van der Waals surface area contributed by atoms with E-state index in [0.717, 1.165) is 44.9 Å². The summed E-state index contributed by atoms with van der Waals surface area (Å²) in [6.07, 6.45) is 13.9. The average Bonchev–Trinajstić information content (AvgIpc) is 2.94. The van der Waals surface area contributed by atoms with Crippen LogP contribution in [0.4, 0.5) is 0 Å². The van der Waals surface area contributed by atoms with Crippen LogP contribution in [0.2, 0.25) is 0 Å². The van der Waals surface area contributed by atoms with Crippen LogP contribution in [0.1, 0.15) is 126 Å². The van der Waals surface area contributed by atoms with Gasteiger partial charge in [-0.2, -0.15) is 0 Å². The molecule has 5 aliphatic rings. The first-order valence-corrected chi connectivity index (χ1v) is 15.6. The summed E-state index contributed by atoms with van der Waals surface area (Å²) in [4.78, 5) is 24.3. The normalized spacial score (nSPS) is 49.8. The van der Waals surface area contributed by atoms with Crippen molar-refractivity contribution in [3.8, 4) is 0 Å². The molecule has 10 atom stereocenters. The van der Waals surface area contributed by atoms with Crippen LogP contribution in [-0.2, 0) is 14.3 Å². The van der Waals surface area contributed by atoms with Crippen LogP contribution in [0.5, 0.6) is 0 Å². The van der Waals surface area contributed by atoms with Crippen LogP contribution in [-0.4, -0.2) is 29.1 Å². The number of esters is 1. The number of ether oxygens (including phenoxy) is 1. The van der Waals surface area contributed by atoms with Gasteiger partial charge < -0.3 is 14.6 Å². The summed E-state index contributed by atoms with van der Waals surface area (Å²) >= 11 is 0. The summed E-state index contributed by atoms with van der Waals surface area (Å²) in [6.45, 7) is 17.7. The molecule has 0 heterocycles. The first kappa shape index (κ1) is 28.4. The zero-order valence-corrected chi connectivity index (χ0v) is 25.5. The highest BCUT2D eigenvalue weighted by Gasteiger charge is 2.62. The Bertz CT molecular complexity index is 1010. The largest absolute Gasteiger partial charge is 0.462 e. The predicted octanol–water partition coefficient (Wildman–Crippen LogP) is 7.67. The van der Waals surface area contributed by atoms with E-state index in [1.165, 1.54) is 19.3 Å². The second kappa shape index (κ2) is 9.18. The number of hydrogen-bond acceptors (Lipinski definition) is 4. The van der Waals surface area contributed by atoms with Crippen molar-refractivity contribution in [2.24, 2.45) is 50.7 Å². The SMILES string of the molecule is CC(=O)CC1(C)C(O)CCC2(C)CC3CCC4C(=CCC5C(C)(C)C(OC(C)=O)CCC45C)CC3(C)CC21. The topological polar surface area (TPSA) is 63.6 Å². The summed E-state index contributed by atoms with van der Waals surface area (Å²) in [7, 11) is 0. The minimum Gasteiger partial charge on any atom is -0.462 e. The molecular weight excluding hydrogens is 472 g/mol. The van der Waals surface area contributed by atoms with Gasteiger partial charge in [0.25, 0.3) is 0 Å². The van der Waals surface area contributed by atoms with E-state index in [1.807, 2.05) is 0 Å². The fourth-order valence-electron chi connectivity index (χ4n) is 11.5. The van der Waals surface area contributed by atoms with Gasteiger partial charge in [-0.1, -0.05) is 53.2 Å². The molecule has 1 N–H and O–H groups in total. The first-order chi connectivity index (χ1) is 17.5. The molecule has 0 aromatic carbocycles. The van der Waals surface area contributed by atoms with Gasteiger partial charge in [0, 0.05) is 24.2 Å². The molecule has 0 aromatic heterocycles. The van der Waals surface area contributed by atoms with Crippen molar-refractivity contribution in [1.29, 1.82) is 0 Å². The number of allylic oxidation sites excluding steroid dienone is 2. The summed E-state index contributed by atoms with van der Waals surface area (Å²) in [5, 5.41) is 11.2. The third-order valence-corrected chi connectivity index (χ3v) is 13.4. The molecule has 0 spiro atoms. The number of ketones is 1. The Labute approximate surface area is 231 Å². The Balaban J connectivity index is 1.46. The molecule has 0 aromatic rings. The fraction of sp³-hybridized carbons (Fsp3) is 0.882. The van der Waals surface area contributed by atoms with Crippen molar-refractivity contribution in [2.75, 3.05) is 0 Å². The van der Waals surface area contributed by atoms with Crippen LogP contribution in [0.25, 0.3) is 0 Å². The fourth-order valence-corrected chi connectivity index (χ4v) is 11.5. The molecule has 4 heteroatoms. The standard InChI is InChI=1S/C34H54O4/c1-21(35)17-34(8)27-20-32(6)18-23-9-12-26-30(3,4)29(38-22(2)36)14-16-33(26,7)25(23)11-10-24(32)19-31(27,5)15-13-28(34)37/h9,24-29,37H,10-20H2,1-8H3. The van der Waals surface area contributed by atoms with Gasteiger partial charge in [0.15, 0.2) is 0 Å². The second-order valence-corrected chi connectivity index (χ2v) is 16.2. The van der Waals surface area contributed by atoms with E-state index in [-0.39, 0.29) is 51.0 Å². The molecule has 38 heavy (non-hydrogen) atoms. The van der Waals surface area contributed by atoms with Crippen molar-refractivity contribution in [3.63, 3.8) is 0 Å². The Kier molecular flexibility index (Phi) is 6.85. The van der Waals surface area contributed by atoms with Crippen molar-refractivity contribution >= 4 is 11.8 Å². The number of Topliss-reactive ketones (excluding diaryl/α,β-unsaturated/α-hetero) is 1. The van der Waals surface area contributed by atoms with E-state index in [9.17, 15) is 14.7 Å². The summed E-state index contributed by atoms with van der Waals surface area (Å²) in [5.74, 6) is 2.26. The van der Waals surface area contributed by atoms with Gasteiger partial charge in [-0.15, -0.1) is 0 Å². The number of hydrogen-bond donors (Lipinski definition) is 1.